The Morgan fingerprint density at radius 3 is 2.25 bits per heavy atom. The number of pyridine rings is 1. The highest BCUT2D eigenvalue weighted by Gasteiger charge is 2.23. The van der Waals surface area contributed by atoms with Gasteiger partial charge in [0, 0.05) is 29.8 Å². The number of nitrogens with two attached hydrogens (primary N) is 1. The van der Waals surface area contributed by atoms with Gasteiger partial charge in [-0.3, -0.25) is 4.79 Å². The van der Waals surface area contributed by atoms with Gasteiger partial charge in [-0.2, -0.15) is 0 Å². The summed E-state index contributed by atoms with van der Waals surface area (Å²) in [5.41, 5.74) is 7.16. The SMILES string of the molecule is CC(C)C(C)N(C)C(=O)c1cc(N)nc(C(C)(C)C)c1. The molecule has 0 saturated carbocycles. The van der Waals surface area contributed by atoms with Gasteiger partial charge >= 0.3 is 0 Å². The van der Waals surface area contributed by atoms with Crippen molar-refractivity contribution in [3.63, 3.8) is 0 Å². The summed E-state index contributed by atoms with van der Waals surface area (Å²) in [6.45, 7) is 12.4. The Morgan fingerprint density at radius 2 is 1.80 bits per heavy atom. The van der Waals surface area contributed by atoms with Gasteiger partial charge in [0.1, 0.15) is 5.82 Å². The van der Waals surface area contributed by atoms with Crippen LogP contribution in [-0.2, 0) is 5.41 Å². The quantitative estimate of drug-likeness (QED) is 0.923. The molecule has 0 aliphatic carbocycles. The van der Waals surface area contributed by atoms with Crippen LogP contribution in [0.5, 0.6) is 0 Å². The molecule has 0 bridgehead atoms. The zero-order valence-electron chi connectivity index (χ0n) is 13.7. The molecule has 0 aromatic carbocycles. The van der Waals surface area contributed by atoms with Crippen LogP contribution in [0.25, 0.3) is 0 Å². The van der Waals surface area contributed by atoms with Crippen LogP contribution in [0.4, 0.5) is 5.82 Å². The lowest BCUT2D eigenvalue weighted by molar-refractivity contribution is 0.0707. The van der Waals surface area contributed by atoms with Crippen molar-refractivity contribution < 1.29 is 4.79 Å². The average Bonchev–Trinajstić information content (AvgIpc) is 2.34. The minimum Gasteiger partial charge on any atom is -0.384 e. The zero-order valence-corrected chi connectivity index (χ0v) is 13.7. The normalized spacial score (nSPS) is 13.4. The summed E-state index contributed by atoms with van der Waals surface area (Å²) in [4.78, 5) is 18.7. The molecule has 4 heteroatoms. The Bertz CT molecular complexity index is 489. The molecule has 1 aromatic heterocycles. The third-order valence-corrected chi connectivity index (χ3v) is 3.76. The van der Waals surface area contributed by atoms with E-state index in [9.17, 15) is 4.79 Å². The molecule has 20 heavy (non-hydrogen) atoms. The summed E-state index contributed by atoms with van der Waals surface area (Å²) >= 11 is 0. The third-order valence-electron chi connectivity index (χ3n) is 3.76. The van der Waals surface area contributed by atoms with Crippen molar-refractivity contribution in [2.75, 3.05) is 12.8 Å². The first-order valence-corrected chi connectivity index (χ1v) is 7.09. The zero-order chi connectivity index (χ0) is 15.7. The predicted molar refractivity (Wildman–Crippen MR) is 83.7 cm³/mol. The molecule has 0 saturated heterocycles. The van der Waals surface area contributed by atoms with Gasteiger partial charge in [0.15, 0.2) is 0 Å². The van der Waals surface area contributed by atoms with Gasteiger partial charge in [0.25, 0.3) is 5.91 Å². The largest absolute Gasteiger partial charge is 0.384 e. The standard InChI is InChI=1S/C16H27N3O/c1-10(2)11(3)19(7)15(20)12-8-13(16(4,5)6)18-14(17)9-12/h8-11H,1-7H3,(H2,17,18). The summed E-state index contributed by atoms with van der Waals surface area (Å²) in [5, 5.41) is 0. The highest BCUT2D eigenvalue weighted by molar-refractivity contribution is 5.95. The van der Waals surface area contributed by atoms with Crippen molar-refractivity contribution in [2.24, 2.45) is 5.92 Å². The van der Waals surface area contributed by atoms with E-state index in [0.717, 1.165) is 5.69 Å². The van der Waals surface area contributed by atoms with E-state index in [1.165, 1.54) is 0 Å². The van der Waals surface area contributed by atoms with Crippen LogP contribution in [-0.4, -0.2) is 28.9 Å². The maximum Gasteiger partial charge on any atom is 0.254 e. The van der Waals surface area contributed by atoms with Crippen LogP contribution in [0.3, 0.4) is 0 Å². The van der Waals surface area contributed by atoms with E-state index in [1.54, 1.807) is 11.0 Å². The molecule has 0 spiro atoms. The molecular weight excluding hydrogens is 250 g/mol. The fourth-order valence-electron chi connectivity index (χ4n) is 1.90. The van der Waals surface area contributed by atoms with Gasteiger partial charge in [-0.15, -0.1) is 0 Å². The van der Waals surface area contributed by atoms with Gasteiger partial charge in [-0.25, -0.2) is 4.98 Å². The number of aromatic nitrogens is 1. The van der Waals surface area contributed by atoms with Gasteiger partial charge in [0.05, 0.1) is 0 Å². The predicted octanol–water partition coefficient (Wildman–Crippen LogP) is 3.08. The molecule has 112 valence electrons. The summed E-state index contributed by atoms with van der Waals surface area (Å²) in [7, 11) is 1.83. The van der Waals surface area contributed by atoms with Crippen LogP contribution in [0.15, 0.2) is 12.1 Å². The van der Waals surface area contributed by atoms with Crippen molar-refractivity contribution in [2.45, 2.75) is 53.0 Å². The van der Waals surface area contributed by atoms with Gasteiger partial charge in [-0.1, -0.05) is 34.6 Å². The smallest absolute Gasteiger partial charge is 0.254 e. The van der Waals surface area contributed by atoms with Crippen molar-refractivity contribution >= 4 is 11.7 Å². The number of carbonyl (C=O) groups excluding carboxylic acids is 1. The summed E-state index contributed by atoms with van der Waals surface area (Å²) < 4.78 is 0. The minimum absolute atomic E-state index is 0.00852. The lowest BCUT2D eigenvalue weighted by Gasteiger charge is -2.28. The molecule has 0 aliphatic heterocycles. The number of hydrogen-bond donors (Lipinski definition) is 1. The fraction of sp³-hybridized carbons (Fsp3) is 0.625. The Kier molecular flexibility index (Phi) is 4.79. The molecule has 1 unspecified atom stereocenters. The van der Waals surface area contributed by atoms with Crippen molar-refractivity contribution in [3.8, 4) is 0 Å². The second-order valence-electron chi connectivity index (χ2n) is 6.82. The second kappa shape index (κ2) is 5.81. The van der Waals surface area contributed by atoms with E-state index in [2.05, 4.69) is 46.5 Å². The molecule has 1 amide bonds. The number of hydrogen-bond acceptors (Lipinski definition) is 3. The molecule has 1 aromatic rings. The minimum atomic E-state index is -0.132. The first kappa shape index (κ1) is 16.5. The van der Waals surface area contributed by atoms with Crippen LogP contribution < -0.4 is 5.73 Å². The first-order chi connectivity index (χ1) is 9.04. The Hall–Kier alpha value is -1.58. The molecule has 1 atom stereocenters. The lowest BCUT2D eigenvalue weighted by Crippen LogP contribution is -2.38. The fourth-order valence-corrected chi connectivity index (χ4v) is 1.90. The molecule has 1 rings (SSSR count). The monoisotopic (exact) mass is 277 g/mol. The number of nitrogens with zero attached hydrogens (tertiary/aromatic N) is 2. The maximum absolute atomic E-state index is 12.6. The topological polar surface area (TPSA) is 59.2 Å². The van der Waals surface area contributed by atoms with E-state index >= 15 is 0 Å². The molecule has 1 heterocycles. The number of rotatable bonds is 3. The number of anilines is 1. The van der Waals surface area contributed by atoms with Crippen LogP contribution >= 0.6 is 0 Å². The van der Waals surface area contributed by atoms with Crippen molar-refractivity contribution in [3.05, 3.63) is 23.4 Å². The lowest BCUT2D eigenvalue weighted by atomic mass is 9.90. The van der Waals surface area contributed by atoms with Crippen LogP contribution in [0.1, 0.15) is 57.6 Å². The van der Waals surface area contributed by atoms with Crippen molar-refractivity contribution in [1.82, 2.24) is 9.88 Å². The summed E-state index contributed by atoms with van der Waals surface area (Å²) in [6, 6.07) is 3.68. The summed E-state index contributed by atoms with van der Waals surface area (Å²) in [5.74, 6) is 0.794. The summed E-state index contributed by atoms with van der Waals surface area (Å²) in [6.07, 6.45) is 0. The molecule has 0 radical (unpaired) electrons. The molecule has 4 nitrogen and oxygen atoms in total. The first-order valence-electron chi connectivity index (χ1n) is 7.09. The van der Waals surface area contributed by atoms with Crippen molar-refractivity contribution in [1.29, 1.82) is 0 Å². The average molecular weight is 277 g/mol. The number of nitrogen functional groups attached to an aromatic ring is 1. The third kappa shape index (κ3) is 3.71. The second-order valence-corrected chi connectivity index (χ2v) is 6.82. The maximum atomic E-state index is 12.6. The van der Waals surface area contributed by atoms with E-state index in [1.807, 2.05) is 13.1 Å². The highest BCUT2D eigenvalue weighted by Crippen LogP contribution is 2.23. The van der Waals surface area contributed by atoms with E-state index < -0.39 is 0 Å². The number of carbonyl (C=O) groups is 1. The van der Waals surface area contributed by atoms with Crippen LogP contribution in [0, 0.1) is 5.92 Å². The molecule has 0 fully saturated rings. The van der Waals surface area contributed by atoms with Gasteiger partial charge < -0.3 is 10.6 Å². The molecular formula is C16H27N3O. The Labute approximate surface area is 122 Å². The van der Waals surface area contributed by atoms with Gasteiger partial charge in [0.2, 0.25) is 0 Å². The van der Waals surface area contributed by atoms with Gasteiger partial charge in [-0.05, 0) is 25.0 Å². The van der Waals surface area contributed by atoms with E-state index in [-0.39, 0.29) is 17.4 Å². The Balaban J connectivity index is 3.14. The highest BCUT2D eigenvalue weighted by atomic mass is 16.2. The van der Waals surface area contributed by atoms with E-state index in [0.29, 0.717) is 17.3 Å². The van der Waals surface area contributed by atoms with Crippen LogP contribution in [0.2, 0.25) is 0 Å². The van der Waals surface area contributed by atoms with E-state index in [4.69, 9.17) is 5.73 Å². The molecule has 2 N–H and O–H groups in total. The molecule has 0 aliphatic rings. The number of amides is 1. The Morgan fingerprint density at radius 1 is 1.25 bits per heavy atom.